The van der Waals surface area contributed by atoms with Crippen LogP contribution < -0.4 is 10.1 Å². The van der Waals surface area contributed by atoms with Crippen molar-refractivity contribution >= 4 is 5.91 Å². The summed E-state index contributed by atoms with van der Waals surface area (Å²) in [5.41, 5.74) is 1.98. The number of benzene rings is 1. The predicted octanol–water partition coefficient (Wildman–Crippen LogP) is 2.37. The van der Waals surface area contributed by atoms with Crippen LogP contribution in [0.25, 0.3) is 0 Å². The van der Waals surface area contributed by atoms with Gasteiger partial charge >= 0.3 is 0 Å². The van der Waals surface area contributed by atoms with Crippen molar-refractivity contribution in [3.05, 3.63) is 59.9 Å². The van der Waals surface area contributed by atoms with Crippen LogP contribution in [0.3, 0.4) is 0 Å². The van der Waals surface area contributed by atoms with Crippen molar-refractivity contribution in [2.24, 2.45) is 0 Å². The molecule has 1 saturated heterocycles. The summed E-state index contributed by atoms with van der Waals surface area (Å²) >= 11 is 0. The third kappa shape index (κ3) is 3.26. The average Bonchev–Trinajstić information content (AvgIpc) is 2.67. The van der Waals surface area contributed by atoms with Gasteiger partial charge in [-0.1, -0.05) is 24.3 Å². The van der Waals surface area contributed by atoms with E-state index >= 15 is 0 Å². The smallest absolute Gasteiger partial charge is 0.230 e. The number of nitrogens with one attached hydrogen (secondary N) is 1. The quantitative estimate of drug-likeness (QED) is 0.938. The van der Waals surface area contributed by atoms with Crippen LogP contribution in [0.5, 0.6) is 5.75 Å². The van der Waals surface area contributed by atoms with Crippen LogP contribution in [0.1, 0.15) is 30.0 Å². The molecule has 0 radical (unpaired) electrons. The summed E-state index contributed by atoms with van der Waals surface area (Å²) in [7, 11) is 1.67. The van der Waals surface area contributed by atoms with Crippen molar-refractivity contribution in [2.75, 3.05) is 26.7 Å². The van der Waals surface area contributed by atoms with Crippen molar-refractivity contribution in [3.8, 4) is 5.75 Å². The fourth-order valence-electron chi connectivity index (χ4n) is 3.21. The molecule has 0 spiro atoms. The van der Waals surface area contributed by atoms with E-state index in [9.17, 15) is 4.79 Å². The first kappa shape index (κ1) is 16.5. The first-order chi connectivity index (χ1) is 11.7. The van der Waals surface area contributed by atoms with Gasteiger partial charge in [0.2, 0.25) is 5.91 Å². The highest BCUT2D eigenvalue weighted by atomic mass is 16.5. The Morgan fingerprint density at radius 2 is 2.17 bits per heavy atom. The number of hydrogen-bond donors (Lipinski definition) is 1. The SMILES string of the molecule is COc1ccccc1C1CNCCN1C(=O)C(C)c1cccnc1. The molecule has 3 rings (SSSR count). The molecule has 2 unspecified atom stereocenters. The molecule has 1 N–H and O–H groups in total. The zero-order valence-corrected chi connectivity index (χ0v) is 14.1. The molecule has 2 heterocycles. The Morgan fingerprint density at radius 3 is 2.92 bits per heavy atom. The molecule has 0 bridgehead atoms. The van der Waals surface area contributed by atoms with Crippen LogP contribution in [0.15, 0.2) is 48.8 Å². The fraction of sp³-hybridized carbons (Fsp3) is 0.368. The Morgan fingerprint density at radius 1 is 1.33 bits per heavy atom. The van der Waals surface area contributed by atoms with Crippen LogP contribution in [-0.2, 0) is 4.79 Å². The van der Waals surface area contributed by atoms with Gasteiger partial charge < -0.3 is 15.0 Å². The maximum atomic E-state index is 13.1. The Balaban J connectivity index is 1.88. The summed E-state index contributed by atoms with van der Waals surface area (Å²) in [6, 6.07) is 11.7. The van der Waals surface area contributed by atoms with E-state index in [0.29, 0.717) is 6.54 Å². The van der Waals surface area contributed by atoms with E-state index in [4.69, 9.17) is 4.74 Å². The van der Waals surface area contributed by atoms with Crippen LogP contribution in [-0.4, -0.2) is 42.5 Å². The maximum absolute atomic E-state index is 13.1. The highest BCUT2D eigenvalue weighted by Gasteiger charge is 2.32. The molecule has 2 atom stereocenters. The van der Waals surface area contributed by atoms with Gasteiger partial charge in [0.05, 0.1) is 19.1 Å². The van der Waals surface area contributed by atoms with Crippen molar-refractivity contribution in [3.63, 3.8) is 0 Å². The lowest BCUT2D eigenvalue weighted by Gasteiger charge is -2.38. The van der Waals surface area contributed by atoms with Gasteiger partial charge in [0, 0.05) is 37.6 Å². The molecule has 1 aromatic carbocycles. The standard InChI is InChI=1S/C19H23N3O2/c1-14(15-6-5-9-20-12-15)19(23)22-11-10-21-13-17(22)16-7-3-4-8-18(16)24-2/h3-9,12,14,17,21H,10-11,13H2,1-2H3. The number of ether oxygens (including phenoxy) is 1. The zero-order chi connectivity index (χ0) is 16.9. The molecule has 1 aliphatic rings. The van der Waals surface area contributed by atoms with Gasteiger partial charge in [0.25, 0.3) is 0 Å². The number of aromatic nitrogens is 1. The first-order valence-electron chi connectivity index (χ1n) is 8.26. The van der Waals surface area contributed by atoms with Gasteiger partial charge in [-0.25, -0.2) is 0 Å². The number of nitrogens with zero attached hydrogens (tertiary/aromatic N) is 2. The summed E-state index contributed by atoms with van der Waals surface area (Å²) < 4.78 is 5.50. The summed E-state index contributed by atoms with van der Waals surface area (Å²) in [6.45, 7) is 4.16. The molecule has 0 aliphatic carbocycles. The zero-order valence-electron chi connectivity index (χ0n) is 14.1. The number of carbonyl (C=O) groups excluding carboxylic acids is 1. The second kappa shape index (κ2) is 7.45. The lowest BCUT2D eigenvalue weighted by Crippen LogP contribution is -2.49. The molecular formula is C19H23N3O2. The lowest BCUT2D eigenvalue weighted by atomic mass is 9.97. The number of hydrogen-bond acceptors (Lipinski definition) is 4. The molecular weight excluding hydrogens is 302 g/mol. The van der Waals surface area contributed by atoms with Crippen molar-refractivity contribution in [1.29, 1.82) is 0 Å². The molecule has 1 fully saturated rings. The first-order valence-corrected chi connectivity index (χ1v) is 8.26. The number of carbonyl (C=O) groups is 1. The van der Waals surface area contributed by atoms with E-state index in [1.54, 1.807) is 19.5 Å². The minimum Gasteiger partial charge on any atom is -0.496 e. The predicted molar refractivity (Wildman–Crippen MR) is 93.0 cm³/mol. The van der Waals surface area contributed by atoms with Crippen LogP contribution in [0.4, 0.5) is 0 Å². The minimum atomic E-state index is -0.214. The maximum Gasteiger partial charge on any atom is 0.230 e. The summed E-state index contributed by atoms with van der Waals surface area (Å²) in [6.07, 6.45) is 3.49. The third-order valence-electron chi connectivity index (χ3n) is 4.58. The number of methoxy groups -OCH3 is 1. The van der Waals surface area contributed by atoms with Crippen molar-refractivity contribution < 1.29 is 9.53 Å². The molecule has 126 valence electrons. The normalized spacial score (nSPS) is 18.9. The highest BCUT2D eigenvalue weighted by Crippen LogP contribution is 2.32. The number of pyridine rings is 1. The van der Waals surface area contributed by atoms with Gasteiger partial charge in [-0.2, -0.15) is 0 Å². The number of rotatable bonds is 4. The average molecular weight is 325 g/mol. The Bertz CT molecular complexity index is 690. The van der Waals surface area contributed by atoms with Gasteiger partial charge in [0.1, 0.15) is 5.75 Å². The molecule has 5 heteroatoms. The van der Waals surface area contributed by atoms with Crippen LogP contribution in [0.2, 0.25) is 0 Å². The molecule has 24 heavy (non-hydrogen) atoms. The Labute approximate surface area is 142 Å². The molecule has 0 saturated carbocycles. The lowest BCUT2D eigenvalue weighted by molar-refractivity contribution is -0.135. The molecule has 1 aliphatic heterocycles. The van der Waals surface area contributed by atoms with E-state index in [2.05, 4.69) is 10.3 Å². The number of piperazine rings is 1. The summed E-state index contributed by atoms with van der Waals surface area (Å²) in [4.78, 5) is 19.2. The monoisotopic (exact) mass is 325 g/mol. The molecule has 2 aromatic rings. The fourth-order valence-corrected chi connectivity index (χ4v) is 3.21. The number of amides is 1. The Hall–Kier alpha value is -2.40. The molecule has 5 nitrogen and oxygen atoms in total. The van der Waals surface area contributed by atoms with E-state index < -0.39 is 0 Å². The van der Waals surface area contributed by atoms with Crippen LogP contribution in [0, 0.1) is 0 Å². The Kier molecular flexibility index (Phi) is 5.11. The second-order valence-corrected chi connectivity index (χ2v) is 6.00. The summed E-state index contributed by atoms with van der Waals surface area (Å²) in [5.74, 6) is 0.729. The van der Waals surface area contributed by atoms with Crippen molar-refractivity contribution in [2.45, 2.75) is 18.9 Å². The summed E-state index contributed by atoms with van der Waals surface area (Å²) in [5, 5.41) is 3.39. The highest BCUT2D eigenvalue weighted by molar-refractivity contribution is 5.84. The minimum absolute atomic E-state index is 0.0264. The van der Waals surface area contributed by atoms with E-state index in [1.165, 1.54) is 0 Å². The van der Waals surface area contributed by atoms with Gasteiger partial charge in [-0.3, -0.25) is 9.78 Å². The van der Waals surface area contributed by atoms with E-state index in [0.717, 1.165) is 30.0 Å². The van der Waals surface area contributed by atoms with Gasteiger partial charge in [-0.15, -0.1) is 0 Å². The number of para-hydroxylation sites is 1. The van der Waals surface area contributed by atoms with E-state index in [1.807, 2.05) is 48.2 Å². The third-order valence-corrected chi connectivity index (χ3v) is 4.58. The van der Waals surface area contributed by atoms with Crippen LogP contribution >= 0.6 is 0 Å². The van der Waals surface area contributed by atoms with Crippen molar-refractivity contribution in [1.82, 2.24) is 15.2 Å². The second-order valence-electron chi connectivity index (χ2n) is 6.00. The molecule has 1 aromatic heterocycles. The molecule has 1 amide bonds. The van der Waals surface area contributed by atoms with E-state index in [-0.39, 0.29) is 17.9 Å². The topological polar surface area (TPSA) is 54.5 Å². The van der Waals surface area contributed by atoms with Gasteiger partial charge in [-0.05, 0) is 24.6 Å². The largest absolute Gasteiger partial charge is 0.496 e. The van der Waals surface area contributed by atoms with Gasteiger partial charge in [0.15, 0.2) is 0 Å².